The van der Waals surface area contributed by atoms with Gasteiger partial charge in [-0.05, 0) is 169 Å². The highest BCUT2D eigenvalue weighted by Gasteiger charge is 2.44. The molecule has 0 atom stereocenters. The minimum Gasteiger partial charge on any atom is -0.486 e. The Labute approximate surface area is 445 Å². The lowest BCUT2D eigenvalue weighted by Gasteiger charge is -2.45. The second-order valence-corrected chi connectivity index (χ2v) is 23.8. The van der Waals surface area contributed by atoms with Crippen LogP contribution in [0.1, 0.15) is 84.6 Å². The Morgan fingerprint density at radius 2 is 0.907 bits per heavy atom. The van der Waals surface area contributed by atoms with Crippen LogP contribution in [-0.2, 0) is 16.2 Å². The van der Waals surface area contributed by atoms with Gasteiger partial charge in [0.05, 0.1) is 5.69 Å². The summed E-state index contributed by atoms with van der Waals surface area (Å²) in [5.41, 5.74) is 23.6. The third kappa shape index (κ3) is 8.74. The predicted molar refractivity (Wildman–Crippen MR) is 318 cm³/mol. The number of rotatable bonds is 7. The molecule has 0 bridgehead atoms. The van der Waals surface area contributed by atoms with Gasteiger partial charge in [0, 0.05) is 51.6 Å². The highest BCUT2D eigenvalue weighted by atomic mass is 16.6. The van der Waals surface area contributed by atoms with Crippen molar-refractivity contribution in [3.8, 4) is 33.8 Å². The van der Waals surface area contributed by atoms with Crippen molar-refractivity contribution in [3.63, 3.8) is 0 Å². The number of fused-ring (bicyclic) bond motifs is 5. The lowest BCUT2D eigenvalue weighted by Crippen LogP contribution is -2.61. The van der Waals surface area contributed by atoms with E-state index in [2.05, 4.69) is 278 Å². The minimum atomic E-state index is -0.0838. The maximum atomic E-state index is 6.29. The molecule has 0 aliphatic carbocycles. The molecular formula is C69H66BN3O2. The Morgan fingerprint density at radius 3 is 1.45 bits per heavy atom. The summed E-state index contributed by atoms with van der Waals surface area (Å²) in [6.07, 6.45) is 0. The summed E-state index contributed by atoms with van der Waals surface area (Å²) >= 11 is 0. The molecule has 12 rings (SSSR count). The lowest BCUT2D eigenvalue weighted by atomic mass is 9.33. The van der Waals surface area contributed by atoms with Crippen LogP contribution in [0.25, 0.3) is 22.3 Å². The first-order chi connectivity index (χ1) is 36.0. The van der Waals surface area contributed by atoms with Crippen molar-refractivity contribution in [1.82, 2.24) is 0 Å². The van der Waals surface area contributed by atoms with E-state index in [0.29, 0.717) is 13.2 Å². The molecule has 0 fully saturated rings. The van der Waals surface area contributed by atoms with Crippen LogP contribution < -0.4 is 40.6 Å². The maximum Gasteiger partial charge on any atom is 0.252 e. The molecule has 6 heteroatoms. The summed E-state index contributed by atoms with van der Waals surface area (Å²) in [5, 5.41) is 0. The van der Waals surface area contributed by atoms with E-state index < -0.39 is 0 Å². The van der Waals surface area contributed by atoms with Crippen molar-refractivity contribution in [1.29, 1.82) is 0 Å². The molecule has 75 heavy (non-hydrogen) atoms. The molecule has 3 heterocycles. The second kappa shape index (κ2) is 18.2. The van der Waals surface area contributed by atoms with Crippen LogP contribution in [0.5, 0.6) is 11.5 Å². The molecule has 0 saturated carbocycles. The first-order valence-corrected chi connectivity index (χ1v) is 26.7. The Bertz CT molecular complexity index is 3510. The summed E-state index contributed by atoms with van der Waals surface area (Å²) in [7, 11) is 0. The molecule has 9 aromatic carbocycles. The highest BCUT2D eigenvalue weighted by Crippen LogP contribution is 2.49. The van der Waals surface area contributed by atoms with E-state index in [-0.39, 0.29) is 23.0 Å². The van der Waals surface area contributed by atoms with Gasteiger partial charge in [-0.2, -0.15) is 0 Å². The number of aryl methyl sites for hydroxylation is 1. The smallest absolute Gasteiger partial charge is 0.252 e. The van der Waals surface area contributed by atoms with Crippen molar-refractivity contribution in [2.24, 2.45) is 0 Å². The molecule has 9 aromatic rings. The molecule has 0 radical (unpaired) electrons. The third-order valence-corrected chi connectivity index (χ3v) is 15.5. The van der Waals surface area contributed by atoms with Gasteiger partial charge in [-0.3, -0.25) is 0 Å². The zero-order valence-corrected chi connectivity index (χ0v) is 45.1. The number of hydrogen-bond donors (Lipinski definition) is 0. The van der Waals surface area contributed by atoms with Gasteiger partial charge in [-0.15, -0.1) is 0 Å². The average Bonchev–Trinajstić information content (AvgIpc) is 3.44. The van der Waals surface area contributed by atoms with Gasteiger partial charge >= 0.3 is 0 Å². The van der Waals surface area contributed by atoms with Crippen LogP contribution in [-0.4, -0.2) is 19.9 Å². The van der Waals surface area contributed by atoms with Crippen molar-refractivity contribution in [2.75, 3.05) is 27.9 Å². The number of anilines is 9. The monoisotopic (exact) mass is 980 g/mol. The number of benzene rings is 9. The van der Waals surface area contributed by atoms with E-state index in [9.17, 15) is 0 Å². The van der Waals surface area contributed by atoms with E-state index in [1.54, 1.807) is 0 Å². The molecule has 0 spiro atoms. The van der Waals surface area contributed by atoms with Gasteiger partial charge in [0.25, 0.3) is 6.71 Å². The lowest BCUT2D eigenvalue weighted by molar-refractivity contribution is 0.171. The number of hydrogen-bond acceptors (Lipinski definition) is 5. The van der Waals surface area contributed by atoms with Gasteiger partial charge in [-0.25, -0.2) is 0 Å². The molecule has 0 N–H and O–H groups in total. The van der Waals surface area contributed by atoms with Crippen LogP contribution in [0, 0.1) is 6.92 Å². The largest absolute Gasteiger partial charge is 0.486 e. The number of nitrogens with zero attached hydrogens (tertiary/aromatic N) is 3. The summed E-state index contributed by atoms with van der Waals surface area (Å²) in [6, 6.07) is 72.9. The number of ether oxygens (including phenoxy) is 2. The van der Waals surface area contributed by atoms with Gasteiger partial charge in [0.2, 0.25) is 0 Å². The van der Waals surface area contributed by atoms with Crippen LogP contribution in [0.3, 0.4) is 0 Å². The fourth-order valence-electron chi connectivity index (χ4n) is 11.5. The summed E-state index contributed by atoms with van der Waals surface area (Å²) < 4.78 is 12.4. The van der Waals surface area contributed by atoms with Crippen LogP contribution in [0.15, 0.2) is 194 Å². The Hall–Kier alpha value is -7.96. The van der Waals surface area contributed by atoms with Gasteiger partial charge in [-0.1, -0.05) is 165 Å². The predicted octanol–water partition coefficient (Wildman–Crippen LogP) is 16.5. The first-order valence-electron chi connectivity index (χ1n) is 26.7. The summed E-state index contributed by atoms with van der Waals surface area (Å²) in [6.45, 7) is 23.9. The maximum absolute atomic E-state index is 6.29. The molecule has 372 valence electrons. The van der Waals surface area contributed by atoms with Crippen molar-refractivity contribution >= 4 is 74.3 Å². The molecule has 3 aliphatic heterocycles. The fraction of sp³-hybridized carbons (Fsp3) is 0.217. The summed E-state index contributed by atoms with van der Waals surface area (Å²) in [4.78, 5) is 7.44. The molecule has 5 nitrogen and oxygen atoms in total. The molecule has 0 amide bonds. The zero-order chi connectivity index (χ0) is 52.0. The quantitative estimate of drug-likeness (QED) is 0.148. The fourth-order valence-corrected chi connectivity index (χ4v) is 11.5. The van der Waals surface area contributed by atoms with Crippen LogP contribution in [0.4, 0.5) is 51.2 Å². The molecular weight excluding hydrogens is 914 g/mol. The molecule has 3 aliphatic rings. The van der Waals surface area contributed by atoms with Gasteiger partial charge < -0.3 is 24.2 Å². The van der Waals surface area contributed by atoms with E-state index in [4.69, 9.17) is 9.47 Å². The van der Waals surface area contributed by atoms with Crippen molar-refractivity contribution in [2.45, 2.75) is 85.5 Å². The van der Waals surface area contributed by atoms with E-state index in [1.165, 1.54) is 49.8 Å². The number of para-hydroxylation sites is 2. The van der Waals surface area contributed by atoms with E-state index >= 15 is 0 Å². The van der Waals surface area contributed by atoms with Gasteiger partial charge in [0.1, 0.15) is 13.2 Å². The van der Waals surface area contributed by atoms with Crippen molar-refractivity contribution in [3.05, 3.63) is 216 Å². The second-order valence-electron chi connectivity index (χ2n) is 23.8. The van der Waals surface area contributed by atoms with Crippen LogP contribution in [0.2, 0.25) is 0 Å². The Morgan fingerprint density at radius 1 is 0.387 bits per heavy atom. The standard InChI is InChI=1S/C69H66BN3O2/c1-45-37-62-66-63(38-45)73(57-40-48(46-21-25-50(26-22-46)67(2,3)4)39-49(41-57)47-23-27-51(28-24-47)68(5,6)7)61-43-55(71(53-17-13-11-14-18-53)54-19-15-12-16-20-54)30-32-58(61)70(66)59-42-52(69(8,9)10)29-33-60(59)72(62)56-31-34-64-65(44-56)75-36-35-74-64/h11-34,37-44H,35-36H2,1-10H3. The molecule has 0 aromatic heterocycles. The van der Waals surface area contributed by atoms with Gasteiger partial charge in [0.15, 0.2) is 11.5 Å². The normalized spacial score (nSPS) is 13.8. The molecule has 0 saturated heterocycles. The van der Waals surface area contributed by atoms with Crippen molar-refractivity contribution < 1.29 is 9.47 Å². The summed E-state index contributed by atoms with van der Waals surface area (Å²) in [5.74, 6) is 1.55. The minimum absolute atomic E-state index is 0.0315. The Kier molecular flexibility index (Phi) is 11.6. The molecule has 0 unspecified atom stereocenters. The first kappa shape index (κ1) is 48.0. The van der Waals surface area contributed by atoms with E-state index in [1.807, 2.05) is 0 Å². The van der Waals surface area contributed by atoms with E-state index in [0.717, 1.165) is 73.8 Å². The van der Waals surface area contributed by atoms with Crippen LogP contribution >= 0.6 is 0 Å². The SMILES string of the molecule is Cc1cc2c3c(c1)N(c1cc(-c4ccc(C(C)(C)C)cc4)cc(-c4ccc(C(C)(C)C)cc4)c1)c1cc(N(c4ccccc4)c4ccccc4)ccc1B3c1cc(C(C)(C)C)ccc1N2c1ccc2c(c1)OCCO2. The zero-order valence-electron chi connectivity index (χ0n) is 45.1. The highest BCUT2D eigenvalue weighted by molar-refractivity contribution is 7.00. The third-order valence-electron chi connectivity index (χ3n) is 15.5. The Balaban J connectivity index is 1.16. The average molecular weight is 980 g/mol. The topological polar surface area (TPSA) is 28.2 Å².